The van der Waals surface area contributed by atoms with Crippen LogP contribution in [0.25, 0.3) is 0 Å². The predicted molar refractivity (Wildman–Crippen MR) is 46.2 cm³/mol. The van der Waals surface area contributed by atoms with Crippen LogP contribution in [0.3, 0.4) is 0 Å². The van der Waals surface area contributed by atoms with Gasteiger partial charge in [-0.25, -0.2) is 0 Å². The van der Waals surface area contributed by atoms with Crippen molar-refractivity contribution in [2.45, 2.75) is 20.8 Å². The molecule has 1 rings (SSSR count). The largest absolute Gasteiger partial charge is 0.303 e. The van der Waals surface area contributed by atoms with Gasteiger partial charge in [0.2, 0.25) is 0 Å². The van der Waals surface area contributed by atoms with Gasteiger partial charge in [0.1, 0.15) is 0 Å². The van der Waals surface area contributed by atoms with E-state index in [0.29, 0.717) is 5.71 Å². The van der Waals surface area contributed by atoms with Gasteiger partial charge in [0, 0.05) is 5.69 Å². The quantitative estimate of drug-likeness (QED) is 0.608. The molecular formula is C9H12N2. The lowest BCUT2D eigenvalue weighted by Crippen LogP contribution is -2.01. The fourth-order valence-corrected chi connectivity index (χ4v) is 1.01. The van der Waals surface area contributed by atoms with Crippen LogP contribution in [0.1, 0.15) is 23.9 Å². The summed E-state index contributed by atoms with van der Waals surface area (Å²) < 4.78 is 0. The molecule has 0 fully saturated rings. The molecule has 58 valence electrons. The van der Waals surface area contributed by atoms with E-state index in [9.17, 15) is 0 Å². The Hall–Kier alpha value is -1.18. The number of pyridine rings is 1. The van der Waals surface area contributed by atoms with E-state index >= 15 is 0 Å². The monoisotopic (exact) mass is 148 g/mol. The highest BCUT2D eigenvalue weighted by Crippen LogP contribution is 2.05. The second kappa shape index (κ2) is 2.82. The molecule has 1 N–H and O–H groups in total. The summed E-state index contributed by atoms with van der Waals surface area (Å²) in [4.78, 5) is 4.25. The molecule has 0 bridgehead atoms. The minimum absolute atomic E-state index is 0.534. The van der Waals surface area contributed by atoms with Gasteiger partial charge in [-0.3, -0.25) is 4.98 Å². The van der Waals surface area contributed by atoms with Gasteiger partial charge < -0.3 is 5.41 Å². The summed E-state index contributed by atoms with van der Waals surface area (Å²) in [5.74, 6) is 0. The number of aromatic nitrogens is 1. The van der Waals surface area contributed by atoms with Gasteiger partial charge in [0.15, 0.2) is 0 Å². The summed E-state index contributed by atoms with van der Waals surface area (Å²) in [5, 5.41) is 7.41. The molecule has 1 aromatic heterocycles. The third-order valence-corrected chi connectivity index (χ3v) is 1.59. The zero-order chi connectivity index (χ0) is 8.43. The Morgan fingerprint density at radius 1 is 1.36 bits per heavy atom. The Balaban J connectivity index is 3.23. The molecule has 0 spiro atoms. The summed E-state index contributed by atoms with van der Waals surface area (Å²) in [6, 6.07) is 3.96. The summed E-state index contributed by atoms with van der Waals surface area (Å²) in [6.07, 6.45) is 0. The fraction of sp³-hybridized carbons (Fsp3) is 0.333. The topological polar surface area (TPSA) is 36.7 Å². The number of hydrogen-bond acceptors (Lipinski definition) is 2. The first-order chi connectivity index (χ1) is 5.11. The maximum absolute atomic E-state index is 7.41. The number of nitrogens with one attached hydrogen (secondary N) is 1. The van der Waals surface area contributed by atoms with Crippen LogP contribution in [0.4, 0.5) is 0 Å². The Kier molecular flexibility index (Phi) is 2.03. The van der Waals surface area contributed by atoms with E-state index in [-0.39, 0.29) is 0 Å². The van der Waals surface area contributed by atoms with Gasteiger partial charge in [-0.15, -0.1) is 0 Å². The highest BCUT2D eigenvalue weighted by Gasteiger charge is 2.00. The van der Waals surface area contributed by atoms with Crippen molar-refractivity contribution in [2.24, 2.45) is 0 Å². The van der Waals surface area contributed by atoms with Crippen molar-refractivity contribution in [3.05, 3.63) is 29.1 Å². The summed E-state index contributed by atoms with van der Waals surface area (Å²) in [6.45, 7) is 5.67. The van der Waals surface area contributed by atoms with Gasteiger partial charge in [0.05, 0.1) is 11.4 Å². The third kappa shape index (κ3) is 1.64. The molecule has 2 heteroatoms. The number of rotatable bonds is 1. The number of nitrogens with zero attached hydrogens (tertiary/aromatic N) is 1. The fourth-order valence-electron chi connectivity index (χ4n) is 1.01. The maximum Gasteiger partial charge on any atom is 0.0866 e. The van der Waals surface area contributed by atoms with Gasteiger partial charge in [-0.2, -0.15) is 0 Å². The zero-order valence-electron chi connectivity index (χ0n) is 7.10. The van der Waals surface area contributed by atoms with Crippen molar-refractivity contribution in [1.82, 2.24) is 4.98 Å². The average molecular weight is 148 g/mol. The van der Waals surface area contributed by atoms with Crippen molar-refractivity contribution in [2.75, 3.05) is 0 Å². The normalized spacial score (nSPS) is 9.73. The van der Waals surface area contributed by atoms with E-state index in [1.807, 2.05) is 26.0 Å². The molecule has 0 unspecified atom stereocenters. The molecule has 0 saturated heterocycles. The Labute approximate surface area is 66.8 Å². The standard InChI is InChI=1S/C9H12N2/c1-6-4-5-7(2)11-9(6)8(3)10/h4-5,10H,1-3H3. The molecule has 0 atom stereocenters. The molecule has 0 aliphatic carbocycles. The van der Waals surface area contributed by atoms with Crippen molar-refractivity contribution in [1.29, 1.82) is 5.41 Å². The van der Waals surface area contributed by atoms with Crippen LogP contribution in [-0.2, 0) is 0 Å². The smallest absolute Gasteiger partial charge is 0.0866 e. The van der Waals surface area contributed by atoms with Crippen LogP contribution >= 0.6 is 0 Å². The minimum Gasteiger partial charge on any atom is -0.303 e. The van der Waals surface area contributed by atoms with E-state index in [1.165, 1.54) is 0 Å². The van der Waals surface area contributed by atoms with Crippen molar-refractivity contribution in [3.63, 3.8) is 0 Å². The number of hydrogen-bond donors (Lipinski definition) is 1. The van der Waals surface area contributed by atoms with Crippen molar-refractivity contribution >= 4 is 5.71 Å². The second-order valence-corrected chi connectivity index (χ2v) is 2.74. The first kappa shape index (κ1) is 7.92. The molecule has 1 aromatic rings. The Bertz CT molecular complexity index is 290. The summed E-state index contributed by atoms with van der Waals surface area (Å²) >= 11 is 0. The van der Waals surface area contributed by atoms with E-state index in [1.54, 1.807) is 6.92 Å². The molecule has 0 aliphatic heterocycles. The Morgan fingerprint density at radius 3 is 2.45 bits per heavy atom. The molecule has 11 heavy (non-hydrogen) atoms. The van der Waals surface area contributed by atoms with Gasteiger partial charge in [-0.05, 0) is 32.4 Å². The van der Waals surface area contributed by atoms with Crippen LogP contribution in [0.2, 0.25) is 0 Å². The van der Waals surface area contributed by atoms with Crippen molar-refractivity contribution < 1.29 is 0 Å². The lowest BCUT2D eigenvalue weighted by molar-refractivity contribution is 1.14. The molecular weight excluding hydrogens is 136 g/mol. The minimum atomic E-state index is 0.534. The molecule has 1 heterocycles. The molecule has 0 aliphatic rings. The Morgan fingerprint density at radius 2 is 2.00 bits per heavy atom. The maximum atomic E-state index is 7.41. The van der Waals surface area contributed by atoms with Gasteiger partial charge in [-0.1, -0.05) is 6.07 Å². The molecule has 2 nitrogen and oxygen atoms in total. The van der Waals surface area contributed by atoms with Crippen LogP contribution in [0, 0.1) is 19.3 Å². The molecule has 0 aromatic carbocycles. The number of aryl methyl sites for hydroxylation is 2. The molecule has 0 radical (unpaired) electrons. The van der Waals surface area contributed by atoms with Crippen LogP contribution in [0.15, 0.2) is 12.1 Å². The van der Waals surface area contributed by atoms with Crippen LogP contribution < -0.4 is 0 Å². The lowest BCUT2D eigenvalue weighted by atomic mass is 10.1. The second-order valence-electron chi connectivity index (χ2n) is 2.74. The molecule has 0 saturated carbocycles. The zero-order valence-corrected chi connectivity index (χ0v) is 7.10. The van der Waals surface area contributed by atoms with E-state index in [0.717, 1.165) is 17.0 Å². The van der Waals surface area contributed by atoms with Crippen LogP contribution in [0.5, 0.6) is 0 Å². The van der Waals surface area contributed by atoms with Gasteiger partial charge in [0.25, 0.3) is 0 Å². The van der Waals surface area contributed by atoms with Crippen molar-refractivity contribution in [3.8, 4) is 0 Å². The van der Waals surface area contributed by atoms with Crippen LogP contribution in [-0.4, -0.2) is 10.7 Å². The third-order valence-electron chi connectivity index (χ3n) is 1.59. The lowest BCUT2D eigenvalue weighted by Gasteiger charge is -2.02. The SMILES string of the molecule is CC(=N)c1nc(C)ccc1C. The first-order valence-electron chi connectivity index (χ1n) is 3.61. The van der Waals surface area contributed by atoms with E-state index < -0.39 is 0 Å². The van der Waals surface area contributed by atoms with E-state index in [2.05, 4.69) is 4.98 Å². The molecule has 0 amide bonds. The average Bonchev–Trinajstić information content (AvgIpc) is 1.94. The van der Waals surface area contributed by atoms with Gasteiger partial charge >= 0.3 is 0 Å². The summed E-state index contributed by atoms with van der Waals surface area (Å²) in [5.41, 5.74) is 3.39. The first-order valence-corrected chi connectivity index (χ1v) is 3.61. The highest BCUT2D eigenvalue weighted by molar-refractivity contribution is 5.95. The highest BCUT2D eigenvalue weighted by atomic mass is 14.7. The summed E-state index contributed by atoms with van der Waals surface area (Å²) in [7, 11) is 0. The predicted octanol–water partition coefficient (Wildman–Crippen LogP) is 2.09. The van der Waals surface area contributed by atoms with E-state index in [4.69, 9.17) is 5.41 Å².